The number of nitrogens with zero attached hydrogens (tertiary/aromatic N) is 1. The minimum absolute atomic E-state index is 0.0172. The molecule has 0 spiro atoms. The molecule has 0 saturated heterocycles. The quantitative estimate of drug-likeness (QED) is 0.397. The van der Waals surface area contributed by atoms with Gasteiger partial charge >= 0.3 is 5.97 Å². The normalized spacial score (nSPS) is 15.7. The van der Waals surface area contributed by atoms with Crippen LogP contribution in [0.2, 0.25) is 0 Å². The molecule has 1 aliphatic heterocycles. The highest BCUT2D eigenvalue weighted by molar-refractivity contribution is 6.12. The van der Waals surface area contributed by atoms with Gasteiger partial charge in [0.05, 0.1) is 23.8 Å². The smallest absolute Gasteiger partial charge is 0.326 e. The van der Waals surface area contributed by atoms with Gasteiger partial charge in [0.2, 0.25) is 5.91 Å². The fourth-order valence-corrected chi connectivity index (χ4v) is 4.52. The molecule has 0 aliphatic carbocycles. The third-order valence-corrected chi connectivity index (χ3v) is 6.34. The molecule has 1 aliphatic rings. The van der Waals surface area contributed by atoms with Crippen molar-refractivity contribution in [2.24, 2.45) is 5.92 Å². The highest BCUT2D eigenvalue weighted by Gasteiger charge is 2.35. The Hall–Kier alpha value is -4.60. The second kappa shape index (κ2) is 11.4. The molecule has 0 radical (unpaired) electrons. The Morgan fingerprint density at radius 2 is 1.72 bits per heavy atom. The average Bonchev–Trinajstić information content (AvgIpc) is 3.03. The molecule has 0 saturated carbocycles. The van der Waals surface area contributed by atoms with Crippen LogP contribution in [0.5, 0.6) is 0 Å². The summed E-state index contributed by atoms with van der Waals surface area (Å²) in [6.07, 6.45) is 0.0242. The molecule has 39 heavy (non-hydrogen) atoms. The molecule has 3 aromatic carbocycles. The molecule has 2 unspecified atom stereocenters. The van der Waals surface area contributed by atoms with Gasteiger partial charge in [0, 0.05) is 11.1 Å². The minimum Gasteiger partial charge on any atom is -0.480 e. The van der Waals surface area contributed by atoms with E-state index in [1.807, 2.05) is 13.8 Å². The summed E-state index contributed by atoms with van der Waals surface area (Å²) in [6, 6.07) is 12.7. The van der Waals surface area contributed by atoms with Gasteiger partial charge in [-0.3, -0.25) is 19.3 Å². The van der Waals surface area contributed by atoms with Crippen molar-refractivity contribution < 1.29 is 33.1 Å². The molecule has 10 heteroatoms. The first-order chi connectivity index (χ1) is 18.5. The standard InChI is InChI=1S/C29H27F2N3O5/c1-16(2)12-23(29(38)39)33-27(36)18-8-11-24-22(14-18)32-26(35)15-25(17-6-9-20(30)10-7-17)34(24)28(37)19-4-3-5-21(31)13-19/h3-11,13-14,16,23,25H,12,15H2,1-2H3,(H,32,35)(H,33,36)(H,38,39). The van der Waals surface area contributed by atoms with Crippen LogP contribution in [-0.4, -0.2) is 34.8 Å². The van der Waals surface area contributed by atoms with E-state index in [1.165, 1.54) is 65.6 Å². The predicted molar refractivity (Wildman–Crippen MR) is 140 cm³/mol. The summed E-state index contributed by atoms with van der Waals surface area (Å²) in [6.45, 7) is 3.67. The van der Waals surface area contributed by atoms with Crippen LogP contribution in [0.1, 0.15) is 59.0 Å². The summed E-state index contributed by atoms with van der Waals surface area (Å²) in [7, 11) is 0. The number of hydrogen-bond donors (Lipinski definition) is 3. The number of benzene rings is 3. The summed E-state index contributed by atoms with van der Waals surface area (Å²) < 4.78 is 27.7. The molecule has 3 amide bonds. The first-order valence-corrected chi connectivity index (χ1v) is 12.4. The number of carboxylic acids is 1. The maximum Gasteiger partial charge on any atom is 0.326 e. The van der Waals surface area contributed by atoms with Crippen molar-refractivity contribution >= 4 is 35.1 Å². The zero-order chi connectivity index (χ0) is 28.3. The Morgan fingerprint density at radius 3 is 2.36 bits per heavy atom. The highest BCUT2D eigenvalue weighted by atomic mass is 19.1. The number of rotatable bonds is 7. The topological polar surface area (TPSA) is 116 Å². The van der Waals surface area contributed by atoms with Gasteiger partial charge in [-0.2, -0.15) is 0 Å². The van der Waals surface area contributed by atoms with Gasteiger partial charge in [-0.25, -0.2) is 13.6 Å². The minimum atomic E-state index is -1.17. The van der Waals surface area contributed by atoms with Crippen molar-refractivity contribution in [2.45, 2.75) is 38.8 Å². The molecular weight excluding hydrogens is 508 g/mol. The van der Waals surface area contributed by atoms with Crippen molar-refractivity contribution in [2.75, 3.05) is 10.2 Å². The Labute approximate surface area is 223 Å². The number of hydrogen-bond acceptors (Lipinski definition) is 4. The fraction of sp³-hybridized carbons (Fsp3) is 0.241. The van der Waals surface area contributed by atoms with Crippen LogP contribution in [0.3, 0.4) is 0 Å². The lowest BCUT2D eigenvalue weighted by molar-refractivity contribution is -0.139. The van der Waals surface area contributed by atoms with Crippen LogP contribution < -0.4 is 15.5 Å². The van der Waals surface area contributed by atoms with Crippen LogP contribution in [0.25, 0.3) is 0 Å². The van der Waals surface area contributed by atoms with Crippen LogP contribution >= 0.6 is 0 Å². The third-order valence-electron chi connectivity index (χ3n) is 6.34. The van der Waals surface area contributed by atoms with Gasteiger partial charge in [0.1, 0.15) is 17.7 Å². The van der Waals surface area contributed by atoms with Crippen molar-refractivity contribution in [3.8, 4) is 0 Å². The van der Waals surface area contributed by atoms with Crippen LogP contribution in [0, 0.1) is 17.6 Å². The van der Waals surface area contributed by atoms with Crippen LogP contribution in [-0.2, 0) is 9.59 Å². The molecular formula is C29H27F2N3O5. The molecule has 202 valence electrons. The average molecular weight is 536 g/mol. The predicted octanol–water partition coefficient (Wildman–Crippen LogP) is 4.92. The van der Waals surface area contributed by atoms with E-state index >= 15 is 0 Å². The zero-order valence-corrected chi connectivity index (χ0v) is 21.3. The van der Waals surface area contributed by atoms with E-state index in [0.29, 0.717) is 5.56 Å². The van der Waals surface area contributed by atoms with Gasteiger partial charge < -0.3 is 15.7 Å². The fourth-order valence-electron chi connectivity index (χ4n) is 4.52. The molecule has 3 aromatic rings. The first-order valence-electron chi connectivity index (χ1n) is 12.4. The molecule has 3 N–H and O–H groups in total. The summed E-state index contributed by atoms with van der Waals surface area (Å²) in [4.78, 5) is 52.6. The molecule has 1 heterocycles. The Bertz CT molecular complexity index is 1420. The van der Waals surface area contributed by atoms with Crippen molar-refractivity contribution in [1.82, 2.24) is 5.32 Å². The van der Waals surface area contributed by atoms with Gasteiger partial charge in [-0.05, 0) is 66.4 Å². The summed E-state index contributed by atoms with van der Waals surface area (Å²) in [5, 5.41) is 14.7. The van der Waals surface area contributed by atoms with E-state index < -0.39 is 47.4 Å². The summed E-state index contributed by atoms with van der Waals surface area (Å²) in [5.41, 5.74) is 0.948. The zero-order valence-electron chi connectivity index (χ0n) is 21.3. The lowest BCUT2D eigenvalue weighted by Crippen LogP contribution is -2.41. The maximum atomic E-state index is 14.0. The largest absolute Gasteiger partial charge is 0.480 e. The maximum absolute atomic E-state index is 14.0. The van der Waals surface area contributed by atoms with Crippen molar-refractivity contribution in [3.05, 3.63) is 95.1 Å². The number of carboxylic acid groups (broad SMARTS) is 1. The third kappa shape index (κ3) is 6.28. The molecule has 4 rings (SSSR count). The van der Waals surface area contributed by atoms with E-state index in [0.717, 1.165) is 6.07 Å². The lowest BCUT2D eigenvalue weighted by atomic mass is 9.99. The van der Waals surface area contributed by atoms with E-state index in [2.05, 4.69) is 10.6 Å². The second-order valence-electron chi connectivity index (χ2n) is 9.73. The van der Waals surface area contributed by atoms with Gasteiger partial charge in [-0.15, -0.1) is 0 Å². The first kappa shape index (κ1) is 27.4. The number of fused-ring (bicyclic) bond motifs is 1. The van der Waals surface area contributed by atoms with Crippen LogP contribution in [0.15, 0.2) is 66.7 Å². The van der Waals surface area contributed by atoms with Gasteiger partial charge in [-0.1, -0.05) is 32.0 Å². The van der Waals surface area contributed by atoms with E-state index in [9.17, 15) is 33.1 Å². The lowest BCUT2D eigenvalue weighted by Gasteiger charge is -2.31. The van der Waals surface area contributed by atoms with E-state index in [4.69, 9.17) is 0 Å². The molecule has 0 bridgehead atoms. The van der Waals surface area contributed by atoms with Gasteiger partial charge in [0.15, 0.2) is 0 Å². The van der Waals surface area contributed by atoms with E-state index in [1.54, 1.807) is 0 Å². The number of amides is 3. The molecule has 2 atom stereocenters. The number of anilines is 2. The van der Waals surface area contributed by atoms with E-state index in [-0.39, 0.29) is 41.3 Å². The Balaban J connectivity index is 1.78. The second-order valence-corrected chi connectivity index (χ2v) is 9.73. The van der Waals surface area contributed by atoms with Gasteiger partial charge in [0.25, 0.3) is 11.8 Å². The molecule has 0 fully saturated rings. The SMILES string of the molecule is CC(C)CC(NC(=O)c1ccc2c(c1)NC(=O)CC(c1ccc(F)cc1)N2C(=O)c1cccc(F)c1)C(=O)O. The van der Waals surface area contributed by atoms with Crippen molar-refractivity contribution in [1.29, 1.82) is 0 Å². The molecule has 0 aromatic heterocycles. The van der Waals surface area contributed by atoms with Crippen molar-refractivity contribution in [3.63, 3.8) is 0 Å². The number of halogens is 2. The number of carbonyl (C=O) groups excluding carboxylic acids is 3. The molecule has 8 nitrogen and oxygen atoms in total. The van der Waals surface area contributed by atoms with Crippen LogP contribution in [0.4, 0.5) is 20.2 Å². The highest BCUT2D eigenvalue weighted by Crippen LogP contribution is 2.39. The number of nitrogens with one attached hydrogen (secondary N) is 2. The summed E-state index contributed by atoms with van der Waals surface area (Å²) in [5.74, 6) is -4.01. The number of carbonyl (C=O) groups is 4. The Morgan fingerprint density at radius 1 is 1.00 bits per heavy atom. The number of aliphatic carboxylic acids is 1. The Kier molecular flexibility index (Phi) is 8.04. The monoisotopic (exact) mass is 535 g/mol. The summed E-state index contributed by atoms with van der Waals surface area (Å²) >= 11 is 0.